The van der Waals surface area contributed by atoms with Gasteiger partial charge in [-0.15, -0.1) is 0 Å². The van der Waals surface area contributed by atoms with Gasteiger partial charge in [0.25, 0.3) is 0 Å². The van der Waals surface area contributed by atoms with E-state index in [9.17, 15) is 5.11 Å². The van der Waals surface area contributed by atoms with Gasteiger partial charge in [-0.1, -0.05) is 13.8 Å². The lowest BCUT2D eigenvalue weighted by Crippen LogP contribution is -2.64. The Morgan fingerprint density at radius 2 is 1.72 bits per heavy atom. The molecule has 6 rings (SSSR count). The van der Waals surface area contributed by atoms with E-state index in [4.69, 9.17) is 9.47 Å². The fourth-order valence-corrected chi connectivity index (χ4v) is 8.65. The van der Waals surface area contributed by atoms with Crippen molar-refractivity contribution in [3.05, 3.63) is 17.5 Å². The van der Waals surface area contributed by atoms with Crippen LogP contribution >= 0.6 is 0 Å². The molecule has 3 saturated carbocycles. The molecule has 1 saturated heterocycles. The molecule has 5 nitrogen and oxygen atoms in total. The zero-order chi connectivity index (χ0) is 20.4. The number of rotatable bonds is 0. The first-order valence-corrected chi connectivity index (χ1v) is 11.6. The van der Waals surface area contributed by atoms with Crippen LogP contribution in [-0.2, 0) is 22.3 Å². The molecule has 1 aromatic rings. The van der Waals surface area contributed by atoms with Crippen molar-refractivity contribution in [2.24, 2.45) is 34.5 Å². The summed E-state index contributed by atoms with van der Waals surface area (Å²) in [4.78, 5) is 0. The van der Waals surface area contributed by atoms with E-state index in [1.54, 1.807) is 0 Å². The molecule has 0 bridgehead atoms. The second-order valence-electron chi connectivity index (χ2n) is 12.0. The van der Waals surface area contributed by atoms with Crippen molar-refractivity contribution in [2.75, 3.05) is 0 Å². The monoisotopic (exact) mass is 400 g/mol. The van der Waals surface area contributed by atoms with Gasteiger partial charge in [0.05, 0.1) is 24.0 Å². The summed E-state index contributed by atoms with van der Waals surface area (Å²) in [7, 11) is 0. The largest absolute Gasteiger partial charge is 0.390 e. The number of ether oxygens (including phenoxy) is 2. The van der Waals surface area contributed by atoms with Gasteiger partial charge in [-0.2, -0.15) is 5.10 Å². The first kappa shape index (κ1) is 18.8. The molecule has 5 heteroatoms. The maximum absolute atomic E-state index is 11.3. The summed E-state index contributed by atoms with van der Waals surface area (Å²) in [5.41, 5.74) is 2.29. The van der Waals surface area contributed by atoms with Crippen LogP contribution < -0.4 is 0 Å². The summed E-state index contributed by atoms with van der Waals surface area (Å²) in [5, 5.41) is 18.9. The van der Waals surface area contributed by atoms with Gasteiger partial charge in [-0.3, -0.25) is 5.10 Å². The summed E-state index contributed by atoms with van der Waals surface area (Å²) in [5.74, 6) is 1.50. The average Bonchev–Trinajstić information content (AvgIpc) is 3.27. The highest BCUT2D eigenvalue weighted by Gasteiger charge is 2.70. The van der Waals surface area contributed by atoms with Crippen molar-refractivity contribution in [3.63, 3.8) is 0 Å². The van der Waals surface area contributed by atoms with Gasteiger partial charge in [0.2, 0.25) is 0 Å². The van der Waals surface area contributed by atoms with E-state index < -0.39 is 11.4 Å². The number of nitrogens with zero attached hydrogens (tertiary/aromatic N) is 1. The zero-order valence-corrected chi connectivity index (χ0v) is 18.5. The van der Waals surface area contributed by atoms with Crippen LogP contribution in [0, 0.1) is 34.5 Å². The molecule has 0 radical (unpaired) electrons. The summed E-state index contributed by atoms with van der Waals surface area (Å²) >= 11 is 0. The molecule has 5 aliphatic rings. The van der Waals surface area contributed by atoms with Gasteiger partial charge >= 0.3 is 0 Å². The molecule has 4 fully saturated rings. The summed E-state index contributed by atoms with van der Waals surface area (Å²) in [6, 6.07) is 0. The van der Waals surface area contributed by atoms with Gasteiger partial charge in [-0.05, 0) is 99.4 Å². The highest BCUT2D eigenvalue weighted by Crippen LogP contribution is 2.69. The number of hydrogen-bond acceptors (Lipinski definition) is 4. The Bertz CT molecular complexity index is 847. The SMILES string of the molecule is CC1(C)O[C@H]2[C@H](O1)[C@H]1Cc3[nH]ncc3C[C@]1(C)[C@H]1CC[C@@]3(C)[C@@H](CC[C@]3(C)O)[C@H]21. The first-order chi connectivity index (χ1) is 13.6. The van der Waals surface area contributed by atoms with E-state index in [1.165, 1.54) is 17.7 Å². The van der Waals surface area contributed by atoms with Gasteiger partial charge in [-0.25, -0.2) is 0 Å². The van der Waals surface area contributed by atoms with Crippen LogP contribution in [0.15, 0.2) is 6.20 Å². The Morgan fingerprint density at radius 3 is 2.52 bits per heavy atom. The van der Waals surface area contributed by atoms with Crippen LogP contribution in [0.5, 0.6) is 0 Å². The van der Waals surface area contributed by atoms with E-state index in [0.29, 0.717) is 23.7 Å². The second-order valence-corrected chi connectivity index (χ2v) is 12.0. The average molecular weight is 401 g/mol. The minimum absolute atomic E-state index is 0.0204. The molecule has 29 heavy (non-hydrogen) atoms. The molecule has 4 aliphatic carbocycles. The number of fused-ring (bicyclic) bond motifs is 9. The minimum Gasteiger partial charge on any atom is -0.390 e. The Morgan fingerprint density at radius 1 is 1.00 bits per heavy atom. The molecular weight excluding hydrogens is 364 g/mol. The maximum Gasteiger partial charge on any atom is 0.163 e. The van der Waals surface area contributed by atoms with Crippen molar-refractivity contribution in [2.45, 2.75) is 96.7 Å². The molecule has 0 unspecified atom stereocenters. The molecule has 0 aromatic carbocycles. The second kappa shape index (κ2) is 5.46. The lowest BCUT2D eigenvalue weighted by molar-refractivity contribution is -0.188. The van der Waals surface area contributed by atoms with E-state index in [0.717, 1.165) is 32.1 Å². The van der Waals surface area contributed by atoms with Crippen molar-refractivity contribution in [1.82, 2.24) is 10.2 Å². The van der Waals surface area contributed by atoms with Crippen LogP contribution in [-0.4, -0.2) is 38.9 Å². The molecule has 1 aromatic heterocycles. The molecule has 2 heterocycles. The van der Waals surface area contributed by atoms with E-state index in [-0.39, 0.29) is 23.0 Å². The number of hydrogen-bond donors (Lipinski definition) is 2. The van der Waals surface area contributed by atoms with Crippen LogP contribution in [0.2, 0.25) is 0 Å². The Kier molecular flexibility index (Phi) is 3.55. The van der Waals surface area contributed by atoms with E-state index in [1.807, 2.05) is 6.20 Å². The van der Waals surface area contributed by atoms with Crippen molar-refractivity contribution >= 4 is 0 Å². The maximum atomic E-state index is 11.3. The molecule has 0 amide bonds. The third-order valence-corrected chi connectivity index (χ3v) is 10.3. The zero-order valence-electron chi connectivity index (χ0n) is 18.5. The minimum atomic E-state index is -0.574. The highest BCUT2D eigenvalue weighted by atomic mass is 16.8. The Balaban J connectivity index is 1.48. The molecule has 9 atom stereocenters. The third-order valence-electron chi connectivity index (χ3n) is 10.3. The predicted molar refractivity (Wildman–Crippen MR) is 109 cm³/mol. The summed E-state index contributed by atoms with van der Waals surface area (Å²) < 4.78 is 13.3. The third kappa shape index (κ3) is 2.25. The normalized spacial score (nSPS) is 54.8. The Hall–Kier alpha value is -0.910. The fourth-order valence-electron chi connectivity index (χ4n) is 8.65. The molecule has 1 aliphatic heterocycles. The number of nitrogens with one attached hydrogen (secondary N) is 1. The van der Waals surface area contributed by atoms with Crippen molar-refractivity contribution in [3.8, 4) is 0 Å². The lowest BCUT2D eigenvalue weighted by Gasteiger charge is -2.63. The smallest absolute Gasteiger partial charge is 0.163 e. The van der Waals surface area contributed by atoms with Crippen LogP contribution in [0.1, 0.15) is 71.6 Å². The summed E-state index contributed by atoms with van der Waals surface area (Å²) in [6.45, 7) is 11.1. The fraction of sp³-hybridized carbons (Fsp3) is 0.875. The topological polar surface area (TPSA) is 67.4 Å². The van der Waals surface area contributed by atoms with E-state index in [2.05, 4.69) is 44.8 Å². The van der Waals surface area contributed by atoms with Gasteiger partial charge in [0.1, 0.15) is 0 Å². The van der Waals surface area contributed by atoms with Crippen LogP contribution in [0.25, 0.3) is 0 Å². The van der Waals surface area contributed by atoms with Crippen LogP contribution in [0.4, 0.5) is 0 Å². The summed E-state index contributed by atoms with van der Waals surface area (Å²) in [6.07, 6.45) is 8.71. The van der Waals surface area contributed by atoms with Crippen LogP contribution in [0.3, 0.4) is 0 Å². The highest BCUT2D eigenvalue weighted by molar-refractivity contribution is 5.28. The molecular formula is C24H36N2O3. The van der Waals surface area contributed by atoms with Gasteiger partial charge in [0, 0.05) is 5.69 Å². The Labute approximate surface area is 173 Å². The van der Waals surface area contributed by atoms with Gasteiger partial charge in [0.15, 0.2) is 5.79 Å². The van der Waals surface area contributed by atoms with Crippen molar-refractivity contribution < 1.29 is 14.6 Å². The molecule has 0 spiro atoms. The van der Waals surface area contributed by atoms with Gasteiger partial charge < -0.3 is 14.6 Å². The lowest BCUT2D eigenvalue weighted by atomic mass is 9.43. The first-order valence-electron chi connectivity index (χ1n) is 11.6. The predicted octanol–water partition coefficient (Wildman–Crippen LogP) is 3.86. The number of aromatic nitrogens is 2. The van der Waals surface area contributed by atoms with Crippen molar-refractivity contribution in [1.29, 1.82) is 0 Å². The number of aliphatic hydroxyl groups is 1. The molecule has 2 N–H and O–H groups in total. The number of aromatic amines is 1. The standard InChI is InChI=1S/C24H36N2O3/c1-21(2)28-19-16-10-17-13(12-25-26-17)11-22(16,3)14-6-8-23(4)15(7-9-24(23,5)27)18(14)20(19)29-21/h12,14-16,18-20,27H,6-11H2,1-5H3,(H,25,26)/t14-,15-,16+,18+,19+,20+,22+,23-,24-/m0/s1. The quantitative estimate of drug-likeness (QED) is 0.694. The van der Waals surface area contributed by atoms with E-state index >= 15 is 0 Å². The number of H-pyrrole nitrogens is 1. The molecule has 160 valence electrons.